The molecule has 6 heteroatoms. The van der Waals surface area contributed by atoms with Crippen LogP contribution in [-0.4, -0.2) is 22.6 Å². The first kappa shape index (κ1) is 12.6. The lowest BCUT2D eigenvalue weighted by atomic mass is 9.96. The molecule has 0 spiro atoms. The van der Waals surface area contributed by atoms with E-state index in [0.717, 1.165) is 32.2 Å². The minimum absolute atomic E-state index is 0.0120. The summed E-state index contributed by atoms with van der Waals surface area (Å²) < 4.78 is 5.61. The molecule has 1 aromatic rings. The molecule has 2 rings (SSSR count). The lowest BCUT2D eigenvalue weighted by Gasteiger charge is -2.25. The molecule has 1 N–H and O–H groups in total. The molecule has 0 amide bonds. The van der Waals surface area contributed by atoms with Crippen LogP contribution >= 0.6 is 0 Å². The maximum Gasteiger partial charge on any atom is 0.278 e. The van der Waals surface area contributed by atoms with Gasteiger partial charge in [-0.05, 0) is 25.7 Å². The smallest absolute Gasteiger partial charge is 0.278 e. The molecule has 0 radical (unpaired) electrons. The number of ether oxygens (including phenoxy) is 1. The Balaban J connectivity index is 2.15. The van der Waals surface area contributed by atoms with E-state index in [0.29, 0.717) is 11.7 Å². The second kappa shape index (κ2) is 5.66. The van der Waals surface area contributed by atoms with Crippen LogP contribution in [0.2, 0.25) is 0 Å². The van der Waals surface area contributed by atoms with Crippen LogP contribution in [0, 0.1) is 10.1 Å². The van der Waals surface area contributed by atoms with Crippen LogP contribution < -0.4 is 10.1 Å². The van der Waals surface area contributed by atoms with E-state index in [1.165, 1.54) is 12.1 Å². The van der Waals surface area contributed by atoms with Crippen molar-refractivity contribution in [2.24, 2.45) is 0 Å². The monoisotopic (exact) mass is 251 g/mol. The van der Waals surface area contributed by atoms with Crippen molar-refractivity contribution in [2.75, 3.05) is 11.9 Å². The second-order valence-corrected chi connectivity index (χ2v) is 4.40. The van der Waals surface area contributed by atoms with Gasteiger partial charge in [0, 0.05) is 6.54 Å². The average Bonchev–Trinajstić information content (AvgIpc) is 2.31. The highest BCUT2D eigenvalue weighted by molar-refractivity contribution is 5.48. The molecule has 1 aromatic heterocycles. The van der Waals surface area contributed by atoms with Crippen LogP contribution in [0.5, 0.6) is 5.88 Å². The van der Waals surface area contributed by atoms with E-state index < -0.39 is 4.92 Å². The lowest BCUT2D eigenvalue weighted by molar-refractivity contribution is -0.384. The van der Waals surface area contributed by atoms with Crippen molar-refractivity contribution in [1.82, 2.24) is 4.98 Å². The van der Waals surface area contributed by atoms with E-state index >= 15 is 0 Å². The van der Waals surface area contributed by atoms with Gasteiger partial charge < -0.3 is 10.1 Å². The summed E-state index contributed by atoms with van der Waals surface area (Å²) in [6, 6.07) is 2.82. The Morgan fingerprint density at radius 2 is 2.33 bits per heavy atom. The van der Waals surface area contributed by atoms with Gasteiger partial charge in [0.1, 0.15) is 11.9 Å². The van der Waals surface area contributed by atoms with Crippen molar-refractivity contribution in [1.29, 1.82) is 0 Å². The Labute approximate surface area is 106 Å². The molecule has 1 aliphatic carbocycles. The van der Waals surface area contributed by atoms with Crippen LogP contribution in [0.4, 0.5) is 11.5 Å². The highest BCUT2D eigenvalue weighted by Gasteiger charge is 2.21. The summed E-state index contributed by atoms with van der Waals surface area (Å²) in [7, 11) is 0. The first-order valence-electron chi connectivity index (χ1n) is 6.26. The van der Waals surface area contributed by atoms with Crippen molar-refractivity contribution < 1.29 is 9.66 Å². The van der Waals surface area contributed by atoms with Gasteiger partial charge in [-0.15, -0.1) is 0 Å². The molecular formula is C12H17N3O3. The second-order valence-electron chi connectivity index (χ2n) is 4.40. The van der Waals surface area contributed by atoms with Gasteiger partial charge in [0.25, 0.3) is 5.69 Å². The molecule has 6 nitrogen and oxygen atoms in total. The van der Waals surface area contributed by atoms with Gasteiger partial charge in [-0.3, -0.25) is 10.1 Å². The Morgan fingerprint density at radius 1 is 1.56 bits per heavy atom. The Hall–Kier alpha value is -1.85. The topological polar surface area (TPSA) is 77.3 Å². The van der Waals surface area contributed by atoms with Crippen molar-refractivity contribution in [3.63, 3.8) is 0 Å². The van der Waals surface area contributed by atoms with Gasteiger partial charge in [-0.25, -0.2) is 0 Å². The highest BCUT2D eigenvalue weighted by atomic mass is 16.6. The number of hydrogen-bond acceptors (Lipinski definition) is 5. The number of pyridine rings is 1. The van der Waals surface area contributed by atoms with E-state index in [9.17, 15) is 10.1 Å². The fraction of sp³-hybridized carbons (Fsp3) is 0.583. The minimum Gasteiger partial charge on any atom is -0.474 e. The first-order chi connectivity index (χ1) is 8.69. The van der Waals surface area contributed by atoms with E-state index in [-0.39, 0.29) is 11.8 Å². The third-order valence-corrected chi connectivity index (χ3v) is 2.89. The normalized spacial score (nSPS) is 14.9. The number of aromatic nitrogens is 1. The molecule has 0 unspecified atom stereocenters. The summed E-state index contributed by atoms with van der Waals surface area (Å²) in [4.78, 5) is 14.7. The molecule has 0 atom stereocenters. The van der Waals surface area contributed by atoms with Gasteiger partial charge in [0.2, 0.25) is 5.88 Å². The number of nitrogens with one attached hydrogen (secondary N) is 1. The Kier molecular flexibility index (Phi) is 3.96. The van der Waals surface area contributed by atoms with E-state index in [1.807, 2.05) is 6.92 Å². The number of rotatable bonds is 6. The van der Waals surface area contributed by atoms with E-state index in [1.54, 1.807) is 0 Å². The summed E-state index contributed by atoms with van der Waals surface area (Å²) >= 11 is 0. The van der Waals surface area contributed by atoms with Crippen molar-refractivity contribution >= 4 is 11.5 Å². The van der Waals surface area contributed by atoms with Crippen molar-refractivity contribution in [2.45, 2.75) is 38.7 Å². The highest BCUT2D eigenvalue weighted by Crippen LogP contribution is 2.27. The zero-order valence-electron chi connectivity index (χ0n) is 10.4. The molecular weight excluding hydrogens is 234 g/mol. The maximum absolute atomic E-state index is 10.8. The van der Waals surface area contributed by atoms with Crippen LogP contribution in [0.25, 0.3) is 0 Å². The van der Waals surface area contributed by atoms with Gasteiger partial charge in [-0.1, -0.05) is 6.92 Å². The summed E-state index contributed by atoms with van der Waals surface area (Å²) in [5, 5.41) is 13.9. The van der Waals surface area contributed by atoms with Gasteiger partial charge in [0.05, 0.1) is 17.1 Å². The SMILES string of the molecule is CCCNc1cc([N+](=O)[O-])cc(OC2CCC2)n1. The standard InChI is InChI=1S/C12H17N3O3/c1-2-6-13-11-7-9(15(16)17)8-12(14-11)18-10-4-3-5-10/h7-8,10H,2-6H2,1H3,(H,13,14). The minimum atomic E-state index is -0.424. The summed E-state index contributed by atoms with van der Waals surface area (Å²) in [5.41, 5.74) is 0.0120. The van der Waals surface area contributed by atoms with Crippen molar-refractivity contribution in [3.8, 4) is 5.88 Å². The number of anilines is 1. The van der Waals surface area contributed by atoms with E-state index in [4.69, 9.17) is 4.74 Å². The van der Waals surface area contributed by atoms with Crippen LogP contribution in [0.15, 0.2) is 12.1 Å². The Bertz CT molecular complexity index is 433. The molecule has 1 aliphatic rings. The molecule has 1 heterocycles. The van der Waals surface area contributed by atoms with Crippen LogP contribution in [-0.2, 0) is 0 Å². The van der Waals surface area contributed by atoms with Crippen LogP contribution in [0.3, 0.4) is 0 Å². The van der Waals surface area contributed by atoms with Gasteiger partial charge >= 0.3 is 0 Å². The van der Waals surface area contributed by atoms with E-state index in [2.05, 4.69) is 10.3 Å². The summed E-state index contributed by atoms with van der Waals surface area (Å²) in [6.07, 6.45) is 4.26. The van der Waals surface area contributed by atoms with Crippen molar-refractivity contribution in [3.05, 3.63) is 22.2 Å². The third kappa shape index (κ3) is 3.09. The molecule has 18 heavy (non-hydrogen) atoms. The largest absolute Gasteiger partial charge is 0.474 e. The average molecular weight is 251 g/mol. The molecule has 1 fully saturated rings. The molecule has 0 bridgehead atoms. The Morgan fingerprint density at radius 3 is 2.89 bits per heavy atom. The fourth-order valence-electron chi connectivity index (χ4n) is 1.66. The summed E-state index contributed by atoms with van der Waals surface area (Å²) in [6.45, 7) is 2.76. The third-order valence-electron chi connectivity index (χ3n) is 2.89. The molecule has 1 saturated carbocycles. The fourth-order valence-corrected chi connectivity index (χ4v) is 1.66. The zero-order chi connectivity index (χ0) is 13.0. The first-order valence-corrected chi connectivity index (χ1v) is 6.26. The van der Waals surface area contributed by atoms with Gasteiger partial charge in [-0.2, -0.15) is 4.98 Å². The molecule has 0 saturated heterocycles. The number of nitro groups is 1. The predicted octanol–water partition coefficient (Wildman–Crippen LogP) is 2.74. The summed E-state index contributed by atoms with van der Waals surface area (Å²) in [5.74, 6) is 0.841. The zero-order valence-corrected chi connectivity index (χ0v) is 10.4. The molecule has 0 aliphatic heterocycles. The number of hydrogen-bond donors (Lipinski definition) is 1. The number of nitrogens with zero attached hydrogens (tertiary/aromatic N) is 2. The van der Waals surface area contributed by atoms with Crippen LogP contribution in [0.1, 0.15) is 32.6 Å². The molecule has 0 aromatic carbocycles. The quantitative estimate of drug-likeness (QED) is 0.621. The van der Waals surface area contributed by atoms with Gasteiger partial charge in [0.15, 0.2) is 0 Å². The predicted molar refractivity (Wildman–Crippen MR) is 67.9 cm³/mol. The maximum atomic E-state index is 10.8. The molecule has 98 valence electrons. The lowest BCUT2D eigenvalue weighted by Crippen LogP contribution is -2.25.